The highest BCUT2D eigenvalue weighted by Crippen LogP contribution is 2.31. The van der Waals surface area contributed by atoms with Crippen LogP contribution in [0.5, 0.6) is 0 Å². The summed E-state index contributed by atoms with van der Waals surface area (Å²) < 4.78 is 144. The Balaban J connectivity index is 0.000000166. The minimum Gasteiger partial charge on any atom is -0.379 e. The van der Waals surface area contributed by atoms with Crippen LogP contribution in [0.3, 0.4) is 0 Å². The lowest BCUT2D eigenvalue weighted by atomic mass is 10.0. The van der Waals surface area contributed by atoms with Crippen molar-refractivity contribution >= 4 is 102 Å². The van der Waals surface area contributed by atoms with E-state index in [1.165, 1.54) is 52.1 Å². The maximum atomic E-state index is 13.3. The second kappa shape index (κ2) is 45.4. The van der Waals surface area contributed by atoms with Crippen molar-refractivity contribution in [3.8, 4) is 30.8 Å². The second-order valence-electron chi connectivity index (χ2n) is 29.2. The number of amides is 2. The Kier molecular flexibility index (Phi) is 34.7. The smallest absolute Gasteiger partial charge is 0.255 e. The van der Waals surface area contributed by atoms with Gasteiger partial charge < -0.3 is 29.6 Å². The van der Waals surface area contributed by atoms with Gasteiger partial charge in [-0.2, -0.15) is 18.2 Å². The summed E-state index contributed by atoms with van der Waals surface area (Å²) >= 11 is 0. The number of sulfonamides is 4. The predicted molar refractivity (Wildman–Crippen MR) is 485 cm³/mol. The lowest BCUT2D eigenvalue weighted by Gasteiger charge is -2.30. The molecule has 1 unspecified atom stereocenters. The van der Waals surface area contributed by atoms with Gasteiger partial charge >= 0.3 is 0 Å². The highest BCUT2D eigenvalue weighted by atomic mass is 32.2. The van der Waals surface area contributed by atoms with Crippen LogP contribution in [0.2, 0.25) is 0 Å². The van der Waals surface area contributed by atoms with E-state index in [0.29, 0.717) is 169 Å². The number of ketones is 4. The number of para-hydroxylation sites is 2. The van der Waals surface area contributed by atoms with Gasteiger partial charge in [-0.1, -0.05) is 157 Å². The SMILES string of the molecule is C#Cc1ccc(C(=O)Cc2ccccc2S(=O)(=O)N(C)C)cc1.C#Cc1cccc(C(=O)Nc2ccccc2S(=O)(=O)N2CCOCC2)c1.C=S(=O)(c1ccccc1NC(=O)c1ccc(C#N)cc1)N1CCOCC1.CC(=O)c1cccc(C(=O)Cc2ccccc2S(=O)(=O)N2CCOCC2)c1.Cc1ccc(C(=O)Cc2ccccc2S(=O)(=O)N2CCOCC2)cc1. The molecule has 4 fully saturated rings. The van der Waals surface area contributed by atoms with Crippen molar-refractivity contribution in [3.05, 3.63) is 315 Å². The third-order valence-electron chi connectivity index (χ3n) is 20.4. The highest BCUT2D eigenvalue weighted by molar-refractivity contribution is 7.98. The van der Waals surface area contributed by atoms with E-state index in [9.17, 15) is 66.6 Å². The third kappa shape index (κ3) is 25.8. The fourth-order valence-corrected chi connectivity index (χ4v) is 21.1. The quantitative estimate of drug-likeness (QED) is 0.0322. The number of nitriles is 1. The number of rotatable bonds is 24. The van der Waals surface area contributed by atoms with Crippen LogP contribution in [0.4, 0.5) is 11.4 Å². The molecular weight excluding hydrogens is 1720 g/mol. The maximum absolute atomic E-state index is 13.3. The first-order valence-corrected chi connectivity index (χ1v) is 47.5. The Hall–Kier alpha value is -12.1. The largest absolute Gasteiger partial charge is 0.379 e. The summed E-state index contributed by atoms with van der Waals surface area (Å²) in [6, 6.07) is 68.6. The number of carbonyl (C=O) groups excluding carboxylic acids is 6. The first kappa shape index (κ1) is 97.1. The van der Waals surface area contributed by atoms with Crippen molar-refractivity contribution in [1.82, 2.24) is 21.5 Å². The predicted octanol–water partition coefficient (Wildman–Crippen LogP) is 11.2. The van der Waals surface area contributed by atoms with Gasteiger partial charge in [0.05, 0.1) is 105 Å². The molecule has 10 aromatic carbocycles. The highest BCUT2D eigenvalue weighted by Gasteiger charge is 2.34. The molecule has 0 saturated carbocycles. The van der Waals surface area contributed by atoms with E-state index in [-0.39, 0.29) is 86.7 Å². The molecule has 127 heavy (non-hydrogen) atoms. The molecule has 0 spiro atoms. The van der Waals surface area contributed by atoms with Crippen molar-refractivity contribution in [1.29, 1.82) is 5.26 Å². The number of nitrogens with one attached hydrogen (secondary N) is 2. The van der Waals surface area contributed by atoms with Gasteiger partial charge in [0.2, 0.25) is 40.1 Å². The minimum atomic E-state index is -3.73. The van der Waals surface area contributed by atoms with Crippen molar-refractivity contribution in [3.63, 3.8) is 0 Å². The van der Waals surface area contributed by atoms with Crippen LogP contribution >= 0.6 is 0 Å². The summed E-state index contributed by atoms with van der Waals surface area (Å²) in [6.07, 6.45) is 10.7. The van der Waals surface area contributed by atoms with E-state index in [1.807, 2.05) is 25.1 Å². The molecule has 14 rings (SSSR count). The van der Waals surface area contributed by atoms with Crippen molar-refractivity contribution in [2.75, 3.05) is 130 Å². The first-order chi connectivity index (χ1) is 60.8. The minimum absolute atomic E-state index is 0.0125. The van der Waals surface area contributed by atoms with Crippen molar-refractivity contribution in [2.24, 2.45) is 0 Å². The molecule has 10 aromatic rings. The van der Waals surface area contributed by atoms with Crippen LogP contribution in [0.25, 0.3) is 0 Å². The molecule has 2 amide bonds. The van der Waals surface area contributed by atoms with Crippen LogP contribution in [0.1, 0.15) is 108 Å². The monoisotopic (exact) mass is 1810 g/mol. The Bertz CT molecular complexity index is 6370. The normalized spacial score (nSPS) is 15.0. The number of nitrogens with zero attached hydrogens (tertiary/aromatic N) is 6. The molecule has 32 heteroatoms. The number of carbonyl (C=O) groups is 6. The van der Waals surface area contributed by atoms with E-state index >= 15 is 0 Å². The van der Waals surface area contributed by atoms with Crippen LogP contribution in [0, 0.1) is 42.9 Å². The van der Waals surface area contributed by atoms with Crippen LogP contribution in [-0.2, 0) is 88.0 Å². The zero-order valence-electron chi connectivity index (χ0n) is 70.4. The van der Waals surface area contributed by atoms with E-state index < -0.39 is 55.7 Å². The number of Topliss-reactive ketones (excluding diaryl/α,β-unsaturated/α-hetero) is 4. The van der Waals surface area contributed by atoms with Gasteiger partial charge in [-0.05, 0) is 140 Å². The summed E-state index contributed by atoms with van der Waals surface area (Å²) in [4.78, 5) is 75.3. The van der Waals surface area contributed by atoms with Gasteiger partial charge in [0.25, 0.3) is 11.8 Å². The molecule has 1 atom stereocenters. The molecule has 0 bridgehead atoms. The summed E-state index contributed by atoms with van der Waals surface area (Å²) in [5.41, 5.74) is 7.68. The Labute approximate surface area is 742 Å². The average molecular weight is 1810 g/mol. The molecular formula is C95H96N8O19S5. The van der Waals surface area contributed by atoms with Gasteiger partial charge in [-0.25, -0.2) is 46.5 Å². The third-order valence-corrected chi connectivity index (χ3v) is 30.5. The molecule has 4 aliphatic rings. The Morgan fingerprint density at radius 1 is 0.378 bits per heavy atom. The molecule has 0 aliphatic carbocycles. The molecule has 660 valence electrons. The Morgan fingerprint density at radius 2 is 0.717 bits per heavy atom. The number of ether oxygens (including phenoxy) is 4. The summed E-state index contributed by atoms with van der Waals surface area (Å²) in [5.74, 6) is 7.53. The first-order valence-electron chi connectivity index (χ1n) is 40.1. The molecule has 2 N–H and O–H groups in total. The molecule has 0 aromatic heterocycles. The van der Waals surface area contributed by atoms with E-state index in [4.69, 9.17) is 37.1 Å². The van der Waals surface area contributed by atoms with Crippen molar-refractivity contribution < 1.29 is 85.6 Å². The molecule has 4 aliphatic heterocycles. The summed E-state index contributed by atoms with van der Waals surface area (Å²) in [5, 5.41) is 14.3. The fraction of sp³-hybridized carbons (Fsp3) is 0.242. The van der Waals surface area contributed by atoms with E-state index in [0.717, 1.165) is 9.87 Å². The average Bonchev–Trinajstić information content (AvgIpc) is 0.768. The number of terminal acetylenes is 2. The van der Waals surface area contributed by atoms with E-state index in [1.54, 1.807) is 217 Å². The van der Waals surface area contributed by atoms with Gasteiger partial charge in [-0.15, -0.1) is 12.8 Å². The molecule has 4 heterocycles. The standard InChI is InChI=1S/C20H21NO5S.C19H19N3O3S.C19H18N2O4S.C19H21NO4S.C18H17NO3S/c1-15(22)16-6-4-7-17(13-16)19(23)14-18-5-2-3-8-20(18)27(24,25)21-9-11-26-12-10-21;1-26(24,22-10-12-25-13-11-22)18-5-3-2-4-17(18)21-19(23)16-8-6-15(14-20)7-9-16;1-2-15-6-5-7-16(14-15)19(22)20-17-8-3-4-9-18(17)26(23,24)21-10-12-25-13-11-21;1-15-6-8-16(9-7-15)18(21)14-17-4-2-3-5-19(17)25(22,23)20-10-12-24-13-11-20;1-4-14-9-11-15(12-10-14)17(20)13-16-7-5-6-8-18(16)23(21,22)19(2)3/h2-8,13H,9-12,14H2,1H3;2-9H,1,10-13H2,(H,21,23);1,3-9,14H,10-13H2,(H,20,22);2-9H,10-14H2,1H3;1,5-12H,13H2,2-3H3. The zero-order valence-corrected chi connectivity index (χ0v) is 74.5. The molecule has 4 saturated heterocycles. The van der Waals surface area contributed by atoms with Gasteiger partial charge in [-0.3, -0.25) is 28.8 Å². The Morgan fingerprint density at radius 3 is 1.16 bits per heavy atom. The summed E-state index contributed by atoms with van der Waals surface area (Å²) in [7, 11) is -14.4. The number of morpholine rings is 4. The maximum Gasteiger partial charge on any atom is 0.255 e. The molecule has 27 nitrogen and oxygen atoms in total. The van der Waals surface area contributed by atoms with Gasteiger partial charge in [0, 0.05) is 130 Å². The summed E-state index contributed by atoms with van der Waals surface area (Å²) in [6.45, 7) is 9.51. The number of benzene rings is 10. The topological polar surface area (TPSA) is 357 Å². The number of anilines is 2. The lowest BCUT2D eigenvalue weighted by molar-refractivity contribution is 0.0730. The number of hydrogen-bond acceptors (Lipinski definition) is 20. The zero-order chi connectivity index (χ0) is 91.5. The van der Waals surface area contributed by atoms with E-state index in [2.05, 4.69) is 28.3 Å². The van der Waals surface area contributed by atoms with Gasteiger partial charge in [0.1, 0.15) is 4.90 Å². The van der Waals surface area contributed by atoms with Crippen molar-refractivity contribution in [2.45, 2.75) is 57.6 Å². The van der Waals surface area contributed by atoms with Crippen LogP contribution in [0.15, 0.2) is 267 Å². The lowest BCUT2D eigenvalue weighted by Crippen LogP contribution is -2.41. The van der Waals surface area contributed by atoms with Gasteiger partial charge in [0.15, 0.2) is 23.1 Å². The number of hydrogen-bond donors (Lipinski definition) is 2. The van der Waals surface area contributed by atoms with Crippen LogP contribution in [-0.4, -0.2) is 220 Å². The number of aryl methyl sites for hydroxylation is 1. The second-order valence-corrected chi connectivity index (χ2v) is 39.3. The van der Waals surface area contributed by atoms with Crippen LogP contribution < -0.4 is 10.6 Å². The fourth-order valence-electron chi connectivity index (χ4n) is 13.4. The molecule has 0 radical (unpaired) electrons.